The van der Waals surface area contributed by atoms with Crippen molar-refractivity contribution in [3.63, 3.8) is 0 Å². The van der Waals surface area contributed by atoms with Gasteiger partial charge in [0.2, 0.25) is 0 Å². The van der Waals surface area contributed by atoms with Crippen LogP contribution in [0.4, 0.5) is 0 Å². The molecule has 0 fully saturated rings. The number of carbonyl (C=O) groups is 2. The zero-order valence-electron chi connectivity index (χ0n) is 15.4. The Morgan fingerprint density at radius 2 is 2.04 bits per heavy atom. The molecule has 0 spiro atoms. The van der Waals surface area contributed by atoms with Crippen LogP contribution in [0.2, 0.25) is 0 Å². The van der Waals surface area contributed by atoms with Gasteiger partial charge in [-0.2, -0.15) is 5.10 Å². The van der Waals surface area contributed by atoms with Crippen molar-refractivity contribution < 1.29 is 14.0 Å². The van der Waals surface area contributed by atoms with E-state index in [9.17, 15) is 9.59 Å². The van der Waals surface area contributed by atoms with Crippen molar-refractivity contribution in [2.75, 3.05) is 0 Å². The Morgan fingerprint density at radius 1 is 1.26 bits per heavy atom. The fraction of sp³-hybridized carbons (Fsp3) is 0.368. The van der Waals surface area contributed by atoms with Gasteiger partial charge in [0.25, 0.3) is 11.8 Å². The van der Waals surface area contributed by atoms with Gasteiger partial charge in [0.05, 0.1) is 11.3 Å². The molecule has 1 aliphatic rings. The number of hydrogen-bond acceptors (Lipinski definition) is 5. The van der Waals surface area contributed by atoms with Crippen molar-refractivity contribution in [1.82, 2.24) is 15.7 Å². The van der Waals surface area contributed by atoms with Gasteiger partial charge in [-0.05, 0) is 55.6 Å². The minimum atomic E-state index is -0.345. The van der Waals surface area contributed by atoms with E-state index < -0.39 is 0 Å². The van der Waals surface area contributed by atoms with Gasteiger partial charge < -0.3 is 9.73 Å². The smallest absolute Gasteiger partial charge is 0.287 e. The Hall–Kier alpha value is -2.48. The van der Waals surface area contributed by atoms with Gasteiger partial charge in [0.15, 0.2) is 5.76 Å². The van der Waals surface area contributed by atoms with Crippen molar-refractivity contribution in [1.29, 1.82) is 0 Å². The van der Waals surface area contributed by atoms with Gasteiger partial charge in [-0.1, -0.05) is 0 Å². The Morgan fingerprint density at radius 3 is 2.74 bits per heavy atom. The summed E-state index contributed by atoms with van der Waals surface area (Å²) in [5.74, 6) is 0.471. The van der Waals surface area contributed by atoms with Gasteiger partial charge in [-0.25, -0.2) is 5.43 Å². The lowest BCUT2D eigenvalue weighted by Gasteiger charge is -2.13. The predicted octanol–water partition coefficient (Wildman–Crippen LogP) is 3.35. The number of aromatic nitrogens is 1. The number of nitrogens with zero attached hydrogens (tertiary/aromatic N) is 2. The van der Waals surface area contributed by atoms with Crippen molar-refractivity contribution in [2.45, 2.75) is 46.1 Å². The van der Waals surface area contributed by atoms with Crippen LogP contribution in [0, 0.1) is 6.92 Å². The average molecular weight is 433 g/mol. The minimum absolute atomic E-state index is 0.0188. The highest BCUT2D eigenvalue weighted by molar-refractivity contribution is 9.10. The molecule has 0 unspecified atom stereocenters. The average Bonchev–Trinajstić information content (AvgIpc) is 2.97. The van der Waals surface area contributed by atoms with Gasteiger partial charge in [-0.15, -0.1) is 0 Å². The molecule has 2 aromatic rings. The summed E-state index contributed by atoms with van der Waals surface area (Å²) < 4.78 is 6.53. The summed E-state index contributed by atoms with van der Waals surface area (Å²) in [6, 6.07) is 1.69. The standard InChI is InChI=1S/C19H21BrN4O3/c1-10(2)22-19(26)17-11(3)16-14(5-4-6-15(16)27-17)23-24-18(25)12-7-13(20)9-21-8-12/h7-10H,4-6H2,1-3H3,(H,22,26)(H,24,25)/b23-14+. The van der Waals surface area contributed by atoms with Crippen LogP contribution < -0.4 is 10.7 Å². The van der Waals surface area contributed by atoms with E-state index in [0.29, 0.717) is 22.2 Å². The lowest BCUT2D eigenvalue weighted by atomic mass is 9.93. The molecular formula is C19H21BrN4O3. The molecule has 2 aromatic heterocycles. The SMILES string of the molecule is Cc1c(C(=O)NC(C)C)oc2c1/C(=N/NC(=O)c1cncc(Br)c1)CCC2. The maximum Gasteiger partial charge on any atom is 0.287 e. The predicted molar refractivity (Wildman–Crippen MR) is 105 cm³/mol. The molecule has 27 heavy (non-hydrogen) atoms. The first-order chi connectivity index (χ1) is 12.9. The van der Waals surface area contributed by atoms with Crippen molar-refractivity contribution in [2.24, 2.45) is 5.10 Å². The number of hydrazone groups is 1. The molecule has 0 bridgehead atoms. The monoisotopic (exact) mass is 432 g/mol. The largest absolute Gasteiger partial charge is 0.455 e. The number of carbonyl (C=O) groups excluding carboxylic acids is 2. The van der Waals surface area contributed by atoms with Crippen LogP contribution in [0.15, 0.2) is 32.5 Å². The van der Waals surface area contributed by atoms with E-state index in [4.69, 9.17) is 4.42 Å². The van der Waals surface area contributed by atoms with Gasteiger partial charge in [-0.3, -0.25) is 14.6 Å². The van der Waals surface area contributed by atoms with Crippen LogP contribution in [-0.2, 0) is 6.42 Å². The molecule has 0 atom stereocenters. The number of furan rings is 1. The van der Waals surface area contributed by atoms with Crippen molar-refractivity contribution in [3.8, 4) is 0 Å². The number of amides is 2. The normalized spacial score (nSPS) is 14.9. The van der Waals surface area contributed by atoms with E-state index in [1.165, 1.54) is 6.20 Å². The van der Waals surface area contributed by atoms with Gasteiger partial charge >= 0.3 is 0 Å². The fourth-order valence-corrected chi connectivity index (χ4v) is 3.41. The first kappa shape index (κ1) is 19.3. The second-order valence-corrected chi connectivity index (χ2v) is 7.64. The third kappa shape index (κ3) is 4.27. The second kappa shape index (κ2) is 8.04. The number of aryl methyl sites for hydroxylation is 1. The highest BCUT2D eigenvalue weighted by Gasteiger charge is 2.28. The van der Waals surface area contributed by atoms with Gasteiger partial charge in [0, 0.05) is 40.5 Å². The highest BCUT2D eigenvalue weighted by Crippen LogP contribution is 2.29. The van der Waals surface area contributed by atoms with E-state index in [1.807, 2.05) is 20.8 Å². The fourth-order valence-electron chi connectivity index (χ4n) is 3.04. The summed E-state index contributed by atoms with van der Waals surface area (Å²) in [6.07, 6.45) is 5.38. The molecule has 1 aliphatic carbocycles. The lowest BCUT2D eigenvalue weighted by molar-refractivity contribution is 0.0911. The number of fused-ring (bicyclic) bond motifs is 1. The van der Waals surface area contributed by atoms with Gasteiger partial charge in [0.1, 0.15) is 5.76 Å². The molecule has 2 amide bonds. The van der Waals surface area contributed by atoms with Crippen LogP contribution in [0.25, 0.3) is 0 Å². The first-order valence-electron chi connectivity index (χ1n) is 8.77. The minimum Gasteiger partial charge on any atom is -0.455 e. The Labute approximate surface area is 165 Å². The van der Waals surface area contributed by atoms with Crippen LogP contribution >= 0.6 is 15.9 Å². The second-order valence-electron chi connectivity index (χ2n) is 6.73. The highest BCUT2D eigenvalue weighted by atomic mass is 79.9. The van der Waals surface area contributed by atoms with E-state index in [1.54, 1.807) is 12.3 Å². The molecule has 0 aliphatic heterocycles. The molecule has 3 rings (SSSR count). The van der Waals surface area contributed by atoms with Crippen LogP contribution in [0.1, 0.15) is 64.5 Å². The maximum atomic E-state index is 12.4. The molecule has 8 heteroatoms. The molecule has 0 saturated carbocycles. The number of hydrogen-bond donors (Lipinski definition) is 2. The Bertz CT molecular complexity index is 918. The lowest BCUT2D eigenvalue weighted by Crippen LogP contribution is -2.30. The topological polar surface area (TPSA) is 96.6 Å². The third-order valence-electron chi connectivity index (χ3n) is 4.21. The number of halogens is 1. The molecule has 2 heterocycles. The zero-order valence-corrected chi connectivity index (χ0v) is 17.0. The van der Waals surface area contributed by atoms with E-state index in [2.05, 4.69) is 36.8 Å². The zero-order chi connectivity index (χ0) is 19.6. The van der Waals surface area contributed by atoms with Crippen LogP contribution in [-0.4, -0.2) is 28.6 Å². The molecule has 7 nitrogen and oxygen atoms in total. The van der Waals surface area contributed by atoms with E-state index >= 15 is 0 Å². The summed E-state index contributed by atoms with van der Waals surface area (Å²) in [5, 5.41) is 7.15. The summed E-state index contributed by atoms with van der Waals surface area (Å²) in [4.78, 5) is 28.6. The van der Waals surface area contributed by atoms with Crippen molar-refractivity contribution in [3.05, 3.63) is 51.1 Å². The molecule has 0 aromatic carbocycles. The Balaban J connectivity index is 1.85. The summed E-state index contributed by atoms with van der Waals surface area (Å²) in [7, 11) is 0. The summed E-state index contributed by atoms with van der Waals surface area (Å²) >= 11 is 3.29. The molecule has 0 radical (unpaired) electrons. The molecule has 0 saturated heterocycles. The van der Waals surface area contributed by atoms with Crippen molar-refractivity contribution >= 4 is 33.5 Å². The summed E-state index contributed by atoms with van der Waals surface area (Å²) in [6.45, 7) is 5.64. The molecular weight excluding hydrogens is 412 g/mol. The maximum absolute atomic E-state index is 12.4. The molecule has 142 valence electrons. The first-order valence-corrected chi connectivity index (χ1v) is 9.57. The number of rotatable bonds is 4. The number of nitrogens with one attached hydrogen (secondary N) is 2. The van der Waals surface area contributed by atoms with Crippen LogP contribution in [0.3, 0.4) is 0 Å². The number of pyridine rings is 1. The summed E-state index contributed by atoms with van der Waals surface area (Å²) in [5.41, 5.74) is 5.28. The van der Waals surface area contributed by atoms with Crippen LogP contribution in [0.5, 0.6) is 0 Å². The third-order valence-corrected chi connectivity index (χ3v) is 4.64. The Kier molecular flexibility index (Phi) is 5.74. The van der Waals surface area contributed by atoms with E-state index in [-0.39, 0.29) is 17.9 Å². The quantitative estimate of drug-likeness (QED) is 0.723. The molecule has 2 N–H and O–H groups in total. The van der Waals surface area contributed by atoms with E-state index in [0.717, 1.165) is 35.4 Å².